The van der Waals surface area contributed by atoms with E-state index < -0.39 is 0 Å². The van der Waals surface area contributed by atoms with Crippen LogP contribution in [0.2, 0.25) is 10.0 Å². The number of nitrogens with one attached hydrogen (secondary N) is 1. The Hall–Kier alpha value is -2.15. The largest absolute Gasteiger partial charge is 0.496 e. The van der Waals surface area contributed by atoms with E-state index in [2.05, 4.69) is 35.0 Å². The summed E-state index contributed by atoms with van der Waals surface area (Å²) in [6.07, 6.45) is 2.19. The molecule has 0 aromatic heterocycles. The third kappa shape index (κ3) is 5.56. The van der Waals surface area contributed by atoms with Crippen LogP contribution in [0.3, 0.4) is 0 Å². The minimum absolute atomic E-state index is 0.0809. The Labute approximate surface area is 212 Å². The number of hydrogen-bond acceptors (Lipinski definition) is 4. The predicted octanol–water partition coefficient (Wildman–Crippen LogP) is 5.94. The van der Waals surface area contributed by atoms with E-state index in [0.29, 0.717) is 48.2 Å². The number of piperidine rings is 1. The van der Waals surface area contributed by atoms with E-state index >= 15 is 0 Å². The molecule has 2 heterocycles. The molecule has 0 atom stereocenters. The number of carbonyl (C=O) groups is 1. The summed E-state index contributed by atoms with van der Waals surface area (Å²) in [7, 11) is 1.71. The molecule has 0 radical (unpaired) electrons. The molecule has 2 saturated heterocycles. The van der Waals surface area contributed by atoms with Gasteiger partial charge in [0.1, 0.15) is 5.75 Å². The molecule has 0 spiro atoms. The topological polar surface area (TPSA) is 48.1 Å². The number of methoxy groups -OCH3 is 1. The molecule has 2 amide bonds. The maximum atomic E-state index is 13.0. The number of rotatable bonds is 5. The lowest BCUT2D eigenvalue weighted by atomic mass is 9.88. The van der Waals surface area contributed by atoms with E-state index in [-0.39, 0.29) is 6.03 Å². The first-order valence-electron chi connectivity index (χ1n) is 12.0. The first kappa shape index (κ1) is 25.0. The molecular weight excluding hydrogens is 471 g/mol. The molecule has 34 heavy (non-hydrogen) atoms. The van der Waals surface area contributed by atoms with Gasteiger partial charge in [0, 0.05) is 37.9 Å². The Morgan fingerprint density at radius 3 is 2.38 bits per heavy atom. The summed E-state index contributed by atoms with van der Waals surface area (Å²) in [5, 5.41) is 4.21. The van der Waals surface area contributed by atoms with Crippen molar-refractivity contribution in [2.75, 3.05) is 56.6 Å². The number of amides is 2. The minimum Gasteiger partial charge on any atom is -0.496 e. The number of hydrogen-bond donors (Lipinski definition) is 1. The number of nitrogens with zero attached hydrogens (tertiary/aromatic N) is 3. The minimum atomic E-state index is -0.0809. The Morgan fingerprint density at radius 1 is 1.03 bits per heavy atom. The summed E-state index contributed by atoms with van der Waals surface area (Å²) in [4.78, 5) is 19.5. The van der Waals surface area contributed by atoms with Crippen LogP contribution in [-0.2, 0) is 0 Å². The van der Waals surface area contributed by atoms with E-state index in [1.807, 2.05) is 29.2 Å². The van der Waals surface area contributed by atoms with Crippen molar-refractivity contribution < 1.29 is 9.53 Å². The number of benzene rings is 2. The second-order valence-electron chi connectivity index (χ2n) is 9.34. The SMILES string of the molecule is COc1ccc(NC(=O)N2CCN(c3cccc(Cl)c3Cl)CC2)cc1C1CCN(C(C)C)CC1. The first-order chi connectivity index (χ1) is 16.4. The van der Waals surface area contributed by atoms with E-state index in [9.17, 15) is 4.79 Å². The number of urea groups is 1. The predicted molar refractivity (Wildman–Crippen MR) is 141 cm³/mol. The average Bonchev–Trinajstić information content (AvgIpc) is 2.86. The van der Waals surface area contributed by atoms with Crippen molar-refractivity contribution in [3.8, 4) is 5.75 Å². The summed E-state index contributed by atoms with van der Waals surface area (Å²) in [5.41, 5.74) is 2.91. The molecule has 2 fully saturated rings. The molecule has 2 aromatic rings. The van der Waals surface area contributed by atoms with Crippen molar-refractivity contribution in [3.05, 3.63) is 52.0 Å². The fourth-order valence-electron chi connectivity index (χ4n) is 4.95. The summed E-state index contributed by atoms with van der Waals surface area (Å²) in [6.45, 7) is 9.31. The van der Waals surface area contributed by atoms with Gasteiger partial charge in [0.15, 0.2) is 0 Å². The highest BCUT2D eigenvalue weighted by Crippen LogP contribution is 2.37. The van der Waals surface area contributed by atoms with Gasteiger partial charge in [-0.05, 0) is 81.6 Å². The normalized spacial score (nSPS) is 17.8. The maximum Gasteiger partial charge on any atom is 0.321 e. The van der Waals surface area contributed by atoms with Crippen molar-refractivity contribution >= 4 is 40.6 Å². The van der Waals surface area contributed by atoms with Gasteiger partial charge in [-0.25, -0.2) is 4.79 Å². The number of ether oxygens (including phenoxy) is 1. The third-order valence-corrected chi connectivity index (χ3v) is 7.83. The van der Waals surface area contributed by atoms with Crippen LogP contribution in [0.1, 0.15) is 38.2 Å². The van der Waals surface area contributed by atoms with Crippen molar-refractivity contribution in [1.29, 1.82) is 0 Å². The molecule has 1 N–H and O–H groups in total. The van der Waals surface area contributed by atoms with E-state index in [0.717, 1.165) is 43.1 Å². The summed E-state index contributed by atoms with van der Waals surface area (Å²) >= 11 is 12.5. The highest BCUT2D eigenvalue weighted by Gasteiger charge is 2.26. The van der Waals surface area contributed by atoms with E-state index in [4.69, 9.17) is 27.9 Å². The second-order valence-corrected chi connectivity index (χ2v) is 10.1. The zero-order valence-corrected chi connectivity index (χ0v) is 21.7. The lowest BCUT2D eigenvalue weighted by molar-refractivity contribution is 0.171. The van der Waals surface area contributed by atoms with Crippen LogP contribution in [-0.4, -0.2) is 68.3 Å². The Balaban J connectivity index is 1.38. The first-order valence-corrected chi connectivity index (χ1v) is 12.8. The van der Waals surface area contributed by atoms with Gasteiger partial charge in [0.25, 0.3) is 0 Å². The number of piperazine rings is 1. The van der Waals surface area contributed by atoms with Gasteiger partial charge in [-0.2, -0.15) is 0 Å². The van der Waals surface area contributed by atoms with Crippen molar-refractivity contribution in [2.24, 2.45) is 0 Å². The lowest BCUT2D eigenvalue weighted by Gasteiger charge is -2.36. The van der Waals surface area contributed by atoms with Crippen LogP contribution < -0.4 is 15.0 Å². The van der Waals surface area contributed by atoms with Gasteiger partial charge in [-0.3, -0.25) is 0 Å². The molecule has 0 saturated carbocycles. The second kappa shape index (κ2) is 11.1. The maximum absolute atomic E-state index is 13.0. The fourth-order valence-corrected chi connectivity index (χ4v) is 5.36. The number of halogens is 2. The molecule has 0 bridgehead atoms. The van der Waals surface area contributed by atoms with Crippen LogP contribution in [0, 0.1) is 0 Å². The summed E-state index contributed by atoms with van der Waals surface area (Å²) in [5.74, 6) is 1.33. The molecule has 8 heteroatoms. The molecule has 6 nitrogen and oxygen atoms in total. The zero-order valence-electron chi connectivity index (χ0n) is 20.2. The van der Waals surface area contributed by atoms with Crippen molar-refractivity contribution in [1.82, 2.24) is 9.80 Å². The zero-order chi connectivity index (χ0) is 24.2. The van der Waals surface area contributed by atoms with E-state index in [1.54, 1.807) is 13.2 Å². The van der Waals surface area contributed by atoms with Crippen molar-refractivity contribution in [3.63, 3.8) is 0 Å². The third-order valence-electron chi connectivity index (χ3n) is 7.02. The molecular formula is C26H34Cl2N4O2. The highest BCUT2D eigenvalue weighted by molar-refractivity contribution is 6.43. The summed E-state index contributed by atoms with van der Waals surface area (Å²) < 4.78 is 5.66. The number of anilines is 2. The van der Waals surface area contributed by atoms with Crippen LogP contribution in [0.5, 0.6) is 5.75 Å². The van der Waals surface area contributed by atoms with Gasteiger partial charge < -0.3 is 24.8 Å². The molecule has 2 aliphatic heterocycles. The van der Waals surface area contributed by atoms with E-state index in [1.165, 1.54) is 5.56 Å². The number of carbonyl (C=O) groups excluding carboxylic acids is 1. The van der Waals surface area contributed by atoms with Gasteiger partial charge in [0.2, 0.25) is 0 Å². The molecule has 4 rings (SSSR count). The van der Waals surface area contributed by atoms with Gasteiger partial charge in [0.05, 0.1) is 22.8 Å². The van der Waals surface area contributed by atoms with Crippen LogP contribution in [0.25, 0.3) is 0 Å². The Kier molecular flexibility index (Phi) is 8.12. The molecule has 0 aliphatic carbocycles. The standard InChI is InChI=1S/C26H34Cl2N4O2/c1-18(2)30-11-9-19(10-12-30)21-17-20(7-8-24(21)34-3)29-26(33)32-15-13-31(14-16-32)23-6-4-5-22(27)25(23)28/h4-8,17-19H,9-16H2,1-3H3,(H,29,33). The fraction of sp³-hybridized carbons (Fsp3) is 0.500. The average molecular weight is 505 g/mol. The highest BCUT2D eigenvalue weighted by atomic mass is 35.5. The van der Waals surface area contributed by atoms with Crippen LogP contribution in [0.4, 0.5) is 16.2 Å². The van der Waals surface area contributed by atoms with Gasteiger partial charge in [-0.15, -0.1) is 0 Å². The molecule has 0 unspecified atom stereocenters. The van der Waals surface area contributed by atoms with Gasteiger partial charge in [-0.1, -0.05) is 29.3 Å². The molecule has 2 aliphatic rings. The van der Waals surface area contributed by atoms with Crippen molar-refractivity contribution in [2.45, 2.75) is 38.6 Å². The monoisotopic (exact) mass is 504 g/mol. The summed E-state index contributed by atoms with van der Waals surface area (Å²) in [6, 6.07) is 12.1. The Morgan fingerprint density at radius 2 is 1.74 bits per heavy atom. The quantitative estimate of drug-likeness (QED) is 0.546. The smallest absolute Gasteiger partial charge is 0.321 e. The lowest BCUT2D eigenvalue weighted by Crippen LogP contribution is -2.50. The number of likely N-dealkylation sites (tertiary alicyclic amines) is 1. The molecule has 184 valence electrons. The van der Waals surface area contributed by atoms with Crippen LogP contribution in [0.15, 0.2) is 36.4 Å². The molecule has 2 aromatic carbocycles. The Bertz CT molecular complexity index is 1000. The van der Waals surface area contributed by atoms with Gasteiger partial charge >= 0.3 is 6.03 Å². The van der Waals surface area contributed by atoms with Crippen LogP contribution >= 0.6 is 23.2 Å².